The van der Waals surface area contributed by atoms with Gasteiger partial charge in [-0.15, -0.1) is 0 Å². The predicted octanol–water partition coefficient (Wildman–Crippen LogP) is 5.00. The third-order valence-corrected chi connectivity index (χ3v) is 4.80. The zero-order valence-corrected chi connectivity index (χ0v) is 16.2. The minimum absolute atomic E-state index is 0.0617. The van der Waals surface area contributed by atoms with Crippen molar-refractivity contribution >= 4 is 34.6 Å². The van der Waals surface area contributed by atoms with Gasteiger partial charge in [0.05, 0.1) is 15.5 Å². The van der Waals surface area contributed by atoms with Crippen LogP contribution in [0.4, 0.5) is 30.2 Å². The van der Waals surface area contributed by atoms with Crippen LogP contribution < -0.4 is 10.6 Å². The third kappa shape index (κ3) is 5.19. The van der Waals surface area contributed by atoms with Gasteiger partial charge in [-0.05, 0) is 36.6 Å². The van der Waals surface area contributed by atoms with E-state index in [1.807, 2.05) is 0 Å². The summed E-state index contributed by atoms with van der Waals surface area (Å²) in [4.78, 5) is 22.5. The zero-order chi connectivity index (χ0) is 21.9. The molecular weight excluding hydrogens is 427 g/mol. The van der Waals surface area contributed by atoms with E-state index in [-0.39, 0.29) is 18.1 Å². The number of carbonyl (C=O) groups is 1. The molecule has 1 amide bonds. The van der Waals surface area contributed by atoms with Gasteiger partial charge in [0.1, 0.15) is 11.8 Å². The number of nitrogens with zero attached hydrogens (tertiary/aromatic N) is 1. The van der Waals surface area contributed by atoms with Gasteiger partial charge in [0, 0.05) is 24.9 Å². The SMILES string of the molecule is O=C(Nc1cccc(CNc2cc(Cl)c(C(F)(F)F)cc2[N+](=O)[O-])c1)C1CCCO1. The second-order valence-corrected chi connectivity index (χ2v) is 7.06. The first-order chi connectivity index (χ1) is 14.1. The number of amides is 1. The number of carbonyl (C=O) groups excluding carboxylic acids is 1. The van der Waals surface area contributed by atoms with Crippen LogP contribution in [0.2, 0.25) is 5.02 Å². The summed E-state index contributed by atoms with van der Waals surface area (Å²) in [5.41, 5.74) is -1.01. The van der Waals surface area contributed by atoms with Crippen molar-refractivity contribution in [3.8, 4) is 0 Å². The second-order valence-electron chi connectivity index (χ2n) is 6.65. The number of hydrogen-bond acceptors (Lipinski definition) is 5. The Bertz CT molecular complexity index is 963. The van der Waals surface area contributed by atoms with Crippen LogP contribution >= 0.6 is 11.6 Å². The number of benzene rings is 2. The minimum Gasteiger partial charge on any atom is -0.375 e. The van der Waals surface area contributed by atoms with Crippen molar-refractivity contribution < 1.29 is 27.6 Å². The normalized spacial score (nSPS) is 16.3. The van der Waals surface area contributed by atoms with E-state index < -0.39 is 33.5 Å². The summed E-state index contributed by atoms with van der Waals surface area (Å²) in [6.07, 6.45) is -3.85. The number of rotatable bonds is 6. The third-order valence-electron chi connectivity index (χ3n) is 4.49. The number of hydrogen-bond donors (Lipinski definition) is 2. The number of anilines is 2. The number of alkyl halides is 3. The van der Waals surface area contributed by atoms with Gasteiger partial charge in [-0.2, -0.15) is 13.2 Å². The molecule has 7 nitrogen and oxygen atoms in total. The molecule has 3 rings (SSSR count). The molecule has 1 unspecified atom stereocenters. The Morgan fingerprint density at radius 2 is 2.07 bits per heavy atom. The van der Waals surface area contributed by atoms with Gasteiger partial charge in [0.15, 0.2) is 0 Å². The Hall–Kier alpha value is -2.85. The van der Waals surface area contributed by atoms with E-state index in [1.54, 1.807) is 24.3 Å². The summed E-state index contributed by atoms with van der Waals surface area (Å²) in [7, 11) is 0. The van der Waals surface area contributed by atoms with Gasteiger partial charge in [-0.25, -0.2) is 0 Å². The molecule has 0 saturated carbocycles. The van der Waals surface area contributed by atoms with Crippen molar-refractivity contribution in [1.29, 1.82) is 0 Å². The number of nitro benzene ring substituents is 1. The molecule has 1 fully saturated rings. The molecule has 30 heavy (non-hydrogen) atoms. The quantitative estimate of drug-likeness (QED) is 0.484. The fourth-order valence-electron chi connectivity index (χ4n) is 3.04. The maximum Gasteiger partial charge on any atom is 0.418 e. The molecule has 0 aliphatic carbocycles. The van der Waals surface area contributed by atoms with E-state index in [1.165, 1.54) is 0 Å². The van der Waals surface area contributed by atoms with Crippen molar-refractivity contribution in [2.24, 2.45) is 0 Å². The summed E-state index contributed by atoms with van der Waals surface area (Å²) in [6.45, 7) is 0.600. The molecule has 160 valence electrons. The molecule has 0 radical (unpaired) electrons. The Labute approximate surface area is 174 Å². The van der Waals surface area contributed by atoms with E-state index >= 15 is 0 Å². The highest BCUT2D eigenvalue weighted by molar-refractivity contribution is 6.31. The molecule has 2 N–H and O–H groups in total. The maximum absolute atomic E-state index is 13.0. The summed E-state index contributed by atoms with van der Waals surface area (Å²) in [5, 5.41) is 16.0. The summed E-state index contributed by atoms with van der Waals surface area (Å²) < 4.78 is 44.2. The molecule has 1 atom stereocenters. The van der Waals surface area contributed by atoms with Crippen molar-refractivity contribution in [2.45, 2.75) is 31.7 Å². The lowest BCUT2D eigenvalue weighted by Gasteiger charge is -2.14. The average Bonchev–Trinajstić information content (AvgIpc) is 3.20. The first-order valence-electron chi connectivity index (χ1n) is 8.95. The molecule has 1 aliphatic rings. The fourth-order valence-corrected chi connectivity index (χ4v) is 3.31. The van der Waals surface area contributed by atoms with Gasteiger partial charge in [-0.1, -0.05) is 23.7 Å². The highest BCUT2D eigenvalue weighted by Crippen LogP contribution is 2.40. The number of halogens is 4. The van der Waals surface area contributed by atoms with Gasteiger partial charge in [0.25, 0.3) is 11.6 Å². The molecular formula is C19H17ClF3N3O4. The summed E-state index contributed by atoms with van der Waals surface area (Å²) in [6, 6.07) is 7.99. The van der Waals surface area contributed by atoms with Gasteiger partial charge in [0.2, 0.25) is 0 Å². The van der Waals surface area contributed by atoms with Crippen molar-refractivity contribution in [3.63, 3.8) is 0 Å². The Balaban J connectivity index is 1.74. The average molecular weight is 444 g/mol. The standard InChI is InChI=1S/C19H17ClF3N3O4/c20-14-9-15(16(26(28)29)8-13(14)19(21,22)23)24-10-11-3-1-4-12(7-11)25-18(27)17-5-2-6-30-17/h1,3-4,7-9,17,24H,2,5-6,10H2,(H,25,27). The monoisotopic (exact) mass is 443 g/mol. The van der Waals surface area contributed by atoms with E-state index in [9.17, 15) is 28.1 Å². The zero-order valence-electron chi connectivity index (χ0n) is 15.5. The van der Waals surface area contributed by atoms with Crippen LogP contribution in [-0.4, -0.2) is 23.5 Å². The molecule has 2 aromatic carbocycles. The van der Waals surface area contributed by atoms with Crippen molar-refractivity contribution in [2.75, 3.05) is 17.2 Å². The van der Waals surface area contributed by atoms with Crippen LogP contribution in [0.25, 0.3) is 0 Å². The molecule has 0 aromatic heterocycles. The first-order valence-corrected chi connectivity index (χ1v) is 9.33. The topological polar surface area (TPSA) is 93.5 Å². The van der Waals surface area contributed by atoms with E-state index in [0.717, 1.165) is 12.5 Å². The summed E-state index contributed by atoms with van der Waals surface area (Å²) in [5.74, 6) is -0.261. The molecule has 0 spiro atoms. The number of nitro groups is 1. The van der Waals surface area contributed by atoms with Crippen LogP contribution in [0.3, 0.4) is 0 Å². The van der Waals surface area contributed by atoms with Crippen molar-refractivity contribution in [1.82, 2.24) is 0 Å². The van der Waals surface area contributed by atoms with Crippen LogP contribution in [0.5, 0.6) is 0 Å². The van der Waals surface area contributed by atoms with E-state index in [0.29, 0.717) is 30.3 Å². The lowest BCUT2D eigenvalue weighted by atomic mass is 10.1. The van der Waals surface area contributed by atoms with Gasteiger partial charge < -0.3 is 15.4 Å². The van der Waals surface area contributed by atoms with Crippen LogP contribution in [0, 0.1) is 10.1 Å². The Morgan fingerprint density at radius 1 is 1.30 bits per heavy atom. The lowest BCUT2D eigenvalue weighted by Crippen LogP contribution is -2.26. The van der Waals surface area contributed by atoms with Gasteiger partial charge >= 0.3 is 6.18 Å². The highest BCUT2D eigenvalue weighted by atomic mass is 35.5. The molecule has 1 aliphatic heterocycles. The molecule has 1 saturated heterocycles. The van der Waals surface area contributed by atoms with E-state index in [2.05, 4.69) is 10.6 Å². The van der Waals surface area contributed by atoms with Crippen LogP contribution in [0.1, 0.15) is 24.0 Å². The predicted molar refractivity (Wildman–Crippen MR) is 104 cm³/mol. The molecule has 1 heterocycles. The minimum atomic E-state index is -4.81. The number of nitrogens with one attached hydrogen (secondary N) is 2. The van der Waals surface area contributed by atoms with Crippen molar-refractivity contribution in [3.05, 3.63) is 62.7 Å². The fraction of sp³-hybridized carbons (Fsp3) is 0.316. The smallest absolute Gasteiger partial charge is 0.375 e. The number of ether oxygens (including phenoxy) is 1. The van der Waals surface area contributed by atoms with Crippen LogP contribution in [-0.2, 0) is 22.3 Å². The summed E-state index contributed by atoms with van der Waals surface area (Å²) >= 11 is 5.68. The lowest BCUT2D eigenvalue weighted by molar-refractivity contribution is -0.384. The second kappa shape index (κ2) is 8.88. The molecule has 11 heteroatoms. The Morgan fingerprint density at radius 3 is 2.70 bits per heavy atom. The highest BCUT2D eigenvalue weighted by Gasteiger charge is 2.36. The van der Waals surface area contributed by atoms with Gasteiger partial charge in [-0.3, -0.25) is 14.9 Å². The molecule has 0 bridgehead atoms. The molecule has 2 aromatic rings. The first kappa shape index (κ1) is 21.8. The van der Waals surface area contributed by atoms with Crippen LogP contribution in [0.15, 0.2) is 36.4 Å². The van der Waals surface area contributed by atoms with E-state index in [4.69, 9.17) is 16.3 Å². The maximum atomic E-state index is 13.0. The largest absolute Gasteiger partial charge is 0.418 e. The Kier molecular flexibility index (Phi) is 6.47.